The fraction of sp³-hybridized carbons (Fsp3) is 0.176. The van der Waals surface area contributed by atoms with Crippen LogP contribution in [0.15, 0.2) is 53.4 Å². The summed E-state index contributed by atoms with van der Waals surface area (Å²) >= 11 is 0.421. The second kappa shape index (κ2) is 9.03. The zero-order valence-corrected chi connectivity index (χ0v) is 14.0. The molecule has 0 unspecified atom stereocenters. The summed E-state index contributed by atoms with van der Waals surface area (Å²) < 4.78 is 34.2. The number of nitrogens with one attached hydrogen (secondary N) is 1. The largest absolute Gasteiger partial charge is 0.482 e. The lowest BCUT2D eigenvalue weighted by Crippen LogP contribution is -2.13. The smallest absolute Gasteiger partial charge is 0.343 e. The first-order valence-electron chi connectivity index (χ1n) is 7.14. The molecule has 2 rings (SSSR count). The van der Waals surface area contributed by atoms with E-state index in [0.717, 1.165) is 0 Å². The first-order valence-corrected chi connectivity index (χ1v) is 8.02. The molecule has 0 radical (unpaired) electrons. The highest BCUT2D eigenvalue weighted by Crippen LogP contribution is 2.25. The number of benzene rings is 2. The lowest BCUT2D eigenvalue weighted by Gasteiger charge is -2.08. The van der Waals surface area contributed by atoms with Crippen molar-refractivity contribution >= 4 is 29.3 Å². The number of amides is 1. The molecule has 0 heterocycles. The van der Waals surface area contributed by atoms with E-state index in [1.165, 1.54) is 31.4 Å². The van der Waals surface area contributed by atoms with Crippen LogP contribution in [0.2, 0.25) is 0 Å². The SMILES string of the molecule is COC(=O)COc1ccc(NC(=O)c2ccc(SC(F)F)cc2)cc1. The van der Waals surface area contributed by atoms with Crippen LogP contribution >= 0.6 is 11.8 Å². The maximum Gasteiger partial charge on any atom is 0.343 e. The normalized spacial score (nSPS) is 10.4. The number of hydrogen-bond acceptors (Lipinski definition) is 5. The van der Waals surface area contributed by atoms with E-state index >= 15 is 0 Å². The monoisotopic (exact) mass is 367 g/mol. The molecule has 0 aromatic heterocycles. The van der Waals surface area contributed by atoms with E-state index in [0.29, 0.717) is 33.7 Å². The molecule has 0 atom stereocenters. The Labute approximate surface area is 147 Å². The Morgan fingerprint density at radius 2 is 1.72 bits per heavy atom. The molecule has 2 aromatic carbocycles. The van der Waals surface area contributed by atoms with Crippen molar-refractivity contribution < 1.29 is 27.8 Å². The van der Waals surface area contributed by atoms with E-state index in [-0.39, 0.29) is 12.5 Å². The maximum absolute atomic E-state index is 12.3. The minimum Gasteiger partial charge on any atom is -0.482 e. The van der Waals surface area contributed by atoms with E-state index in [9.17, 15) is 18.4 Å². The van der Waals surface area contributed by atoms with Gasteiger partial charge in [-0.25, -0.2) is 4.79 Å². The van der Waals surface area contributed by atoms with E-state index in [2.05, 4.69) is 10.1 Å². The molecule has 2 aromatic rings. The van der Waals surface area contributed by atoms with Crippen LogP contribution in [0, 0.1) is 0 Å². The predicted molar refractivity (Wildman–Crippen MR) is 90.2 cm³/mol. The molecule has 0 saturated heterocycles. The number of thioether (sulfide) groups is 1. The van der Waals surface area contributed by atoms with Gasteiger partial charge >= 0.3 is 5.97 Å². The Morgan fingerprint density at radius 1 is 1.08 bits per heavy atom. The highest BCUT2D eigenvalue weighted by atomic mass is 32.2. The van der Waals surface area contributed by atoms with Gasteiger partial charge in [0, 0.05) is 16.1 Å². The highest BCUT2D eigenvalue weighted by molar-refractivity contribution is 7.99. The summed E-state index contributed by atoms with van der Waals surface area (Å²) in [5.41, 5.74) is 0.881. The number of esters is 1. The van der Waals surface area contributed by atoms with Gasteiger partial charge in [0.15, 0.2) is 6.61 Å². The number of methoxy groups -OCH3 is 1. The minimum absolute atomic E-state index is 0.203. The second-order valence-electron chi connectivity index (χ2n) is 4.75. The van der Waals surface area contributed by atoms with Gasteiger partial charge in [-0.2, -0.15) is 8.78 Å². The number of ether oxygens (including phenoxy) is 2. The van der Waals surface area contributed by atoms with Gasteiger partial charge in [0.25, 0.3) is 11.7 Å². The molecule has 0 fully saturated rings. The Hall–Kier alpha value is -2.61. The molecule has 0 aliphatic carbocycles. The summed E-state index contributed by atoms with van der Waals surface area (Å²) in [5.74, 6) is -2.90. The van der Waals surface area contributed by atoms with Crippen molar-refractivity contribution in [2.24, 2.45) is 0 Å². The average Bonchev–Trinajstić information content (AvgIpc) is 2.61. The number of carbonyl (C=O) groups excluding carboxylic acids is 2. The van der Waals surface area contributed by atoms with Gasteiger partial charge in [-0.1, -0.05) is 11.8 Å². The van der Waals surface area contributed by atoms with Crippen LogP contribution in [0.3, 0.4) is 0 Å². The Bertz CT molecular complexity index is 720. The van der Waals surface area contributed by atoms with Gasteiger partial charge < -0.3 is 14.8 Å². The van der Waals surface area contributed by atoms with Gasteiger partial charge in [-0.05, 0) is 48.5 Å². The van der Waals surface area contributed by atoms with Crippen LogP contribution in [0.25, 0.3) is 0 Å². The topological polar surface area (TPSA) is 64.6 Å². The summed E-state index contributed by atoms with van der Waals surface area (Å²) in [6.07, 6.45) is 0. The first kappa shape index (κ1) is 18.7. The third-order valence-corrected chi connectivity index (χ3v) is 3.76. The van der Waals surface area contributed by atoms with Crippen molar-refractivity contribution in [3.8, 4) is 5.75 Å². The zero-order chi connectivity index (χ0) is 18.2. The Balaban J connectivity index is 1.92. The zero-order valence-electron chi connectivity index (χ0n) is 13.2. The molecule has 5 nitrogen and oxygen atoms in total. The van der Waals surface area contributed by atoms with Crippen molar-refractivity contribution in [1.82, 2.24) is 0 Å². The van der Waals surface area contributed by atoms with Crippen molar-refractivity contribution in [3.05, 3.63) is 54.1 Å². The predicted octanol–water partition coefficient (Wildman–Crippen LogP) is 3.81. The van der Waals surface area contributed by atoms with Crippen molar-refractivity contribution in [3.63, 3.8) is 0 Å². The summed E-state index contributed by atoms with van der Waals surface area (Å²) in [7, 11) is 1.27. The number of rotatable bonds is 7. The Morgan fingerprint density at radius 3 is 2.28 bits per heavy atom. The number of carbonyl (C=O) groups is 2. The molecule has 25 heavy (non-hydrogen) atoms. The summed E-state index contributed by atoms with van der Waals surface area (Å²) in [4.78, 5) is 23.5. The Kier molecular flexibility index (Phi) is 6.76. The molecule has 0 bridgehead atoms. The third-order valence-electron chi connectivity index (χ3n) is 3.04. The number of alkyl halides is 2. The molecule has 0 aliphatic rings. The van der Waals surface area contributed by atoms with Crippen molar-refractivity contribution in [2.75, 3.05) is 19.0 Å². The lowest BCUT2D eigenvalue weighted by molar-refractivity contribution is -0.142. The summed E-state index contributed by atoms with van der Waals surface area (Å²) in [6, 6.07) is 12.3. The van der Waals surface area contributed by atoms with Crippen LogP contribution in [-0.4, -0.2) is 31.4 Å². The quantitative estimate of drug-likeness (QED) is 0.596. The summed E-state index contributed by atoms with van der Waals surface area (Å²) in [6.45, 7) is -0.203. The van der Waals surface area contributed by atoms with Gasteiger partial charge in [-0.15, -0.1) is 0 Å². The molecular weight excluding hydrogens is 352 g/mol. The van der Waals surface area contributed by atoms with E-state index in [1.54, 1.807) is 24.3 Å². The number of hydrogen-bond donors (Lipinski definition) is 1. The van der Waals surface area contributed by atoms with Gasteiger partial charge in [0.05, 0.1) is 7.11 Å². The van der Waals surface area contributed by atoms with Crippen LogP contribution < -0.4 is 10.1 Å². The number of anilines is 1. The van der Waals surface area contributed by atoms with Crippen LogP contribution in [0.1, 0.15) is 10.4 Å². The molecule has 1 N–H and O–H groups in total. The van der Waals surface area contributed by atoms with E-state index in [4.69, 9.17) is 4.74 Å². The van der Waals surface area contributed by atoms with Crippen LogP contribution in [0.4, 0.5) is 14.5 Å². The molecule has 0 spiro atoms. The lowest BCUT2D eigenvalue weighted by atomic mass is 10.2. The minimum atomic E-state index is -2.50. The fourth-order valence-electron chi connectivity index (χ4n) is 1.83. The molecule has 0 aliphatic heterocycles. The van der Waals surface area contributed by atoms with E-state index in [1.807, 2.05) is 0 Å². The van der Waals surface area contributed by atoms with Crippen molar-refractivity contribution in [2.45, 2.75) is 10.7 Å². The fourth-order valence-corrected chi connectivity index (χ4v) is 2.33. The molecule has 0 saturated carbocycles. The maximum atomic E-state index is 12.3. The molecular formula is C17H15F2NO4S. The third kappa shape index (κ3) is 6.07. The van der Waals surface area contributed by atoms with E-state index < -0.39 is 11.7 Å². The highest BCUT2D eigenvalue weighted by Gasteiger charge is 2.09. The van der Waals surface area contributed by atoms with Crippen LogP contribution in [0.5, 0.6) is 5.75 Å². The van der Waals surface area contributed by atoms with Gasteiger partial charge in [0.2, 0.25) is 0 Å². The molecule has 8 heteroatoms. The standard InChI is InChI=1S/C17H15F2NO4S/c1-23-15(21)10-24-13-6-4-12(5-7-13)20-16(22)11-2-8-14(9-3-11)25-17(18)19/h2-9,17H,10H2,1H3,(H,20,22). The first-order chi connectivity index (χ1) is 12.0. The molecule has 1 amide bonds. The average molecular weight is 367 g/mol. The summed E-state index contributed by atoms with van der Waals surface area (Å²) in [5, 5.41) is 2.68. The van der Waals surface area contributed by atoms with Gasteiger partial charge in [-0.3, -0.25) is 4.79 Å². The van der Waals surface area contributed by atoms with Crippen LogP contribution in [-0.2, 0) is 9.53 Å². The molecule has 132 valence electrons. The number of halogens is 2. The van der Waals surface area contributed by atoms with Gasteiger partial charge in [0.1, 0.15) is 5.75 Å². The van der Waals surface area contributed by atoms with Crippen molar-refractivity contribution in [1.29, 1.82) is 0 Å². The second-order valence-corrected chi connectivity index (χ2v) is 5.81.